The van der Waals surface area contributed by atoms with Gasteiger partial charge >= 0.3 is 11.8 Å². The molecule has 0 unspecified atom stereocenters. The highest BCUT2D eigenvalue weighted by atomic mass is 32.2. The van der Waals surface area contributed by atoms with Gasteiger partial charge in [0.1, 0.15) is 5.25 Å². The highest BCUT2D eigenvalue weighted by Crippen LogP contribution is 2.37. The molecule has 10 heteroatoms. The van der Waals surface area contributed by atoms with Gasteiger partial charge in [-0.25, -0.2) is 8.42 Å². The van der Waals surface area contributed by atoms with Gasteiger partial charge in [0.2, 0.25) is 6.79 Å². The number of nitrogens with zero attached hydrogens (tertiary/aromatic N) is 1. The summed E-state index contributed by atoms with van der Waals surface area (Å²) in [5.41, 5.74) is 0.372. The molecule has 0 aliphatic carbocycles. The second-order valence-electron chi connectivity index (χ2n) is 6.04. The van der Waals surface area contributed by atoms with Gasteiger partial charge < -0.3 is 20.1 Å². The number of rotatable bonds is 7. The Morgan fingerprint density at radius 1 is 1.17 bits per heavy atom. The van der Waals surface area contributed by atoms with E-state index in [1.807, 2.05) is 0 Å². The van der Waals surface area contributed by atoms with E-state index in [2.05, 4.69) is 22.2 Å². The maximum Gasteiger partial charge on any atom is 0.309 e. The number of fused-ring (bicyclic) bond motifs is 1. The van der Waals surface area contributed by atoms with E-state index in [-0.39, 0.29) is 24.8 Å². The molecule has 29 heavy (non-hydrogen) atoms. The fraction of sp³-hybridized carbons (Fsp3) is 0.211. The third kappa shape index (κ3) is 4.54. The molecule has 1 aromatic heterocycles. The number of benzene rings is 1. The Morgan fingerprint density at radius 2 is 1.93 bits per heavy atom. The minimum Gasteiger partial charge on any atom is -0.454 e. The zero-order valence-electron chi connectivity index (χ0n) is 15.3. The maximum absolute atomic E-state index is 13.3. The molecule has 9 nitrogen and oxygen atoms in total. The molecule has 2 amide bonds. The zero-order chi connectivity index (χ0) is 20.9. The molecular formula is C19H19N3O6S. The van der Waals surface area contributed by atoms with Gasteiger partial charge in [0.05, 0.1) is 4.90 Å². The summed E-state index contributed by atoms with van der Waals surface area (Å²) in [7, 11) is -3.95. The van der Waals surface area contributed by atoms with E-state index in [9.17, 15) is 18.0 Å². The normalized spacial score (nSPS) is 13.4. The van der Waals surface area contributed by atoms with E-state index in [1.165, 1.54) is 36.7 Å². The van der Waals surface area contributed by atoms with Crippen molar-refractivity contribution in [2.45, 2.75) is 10.1 Å². The van der Waals surface area contributed by atoms with Gasteiger partial charge in [0, 0.05) is 31.5 Å². The second kappa shape index (κ2) is 8.74. The maximum atomic E-state index is 13.3. The van der Waals surface area contributed by atoms with Crippen LogP contribution in [0.5, 0.6) is 11.5 Å². The molecule has 1 aliphatic rings. The number of pyridine rings is 1. The molecule has 0 saturated heterocycles. The predicted molar refractivity (Wildman–Crippen MR) is 103 cm³/mol. The summed E-state index contributed by atoms with van der Waals surface area (Å²) >= 11 is 0. The molecule has 3 rings (SSSR count). The van der Waals surface area contributed by atoms with Crippen LogP contribution < -0.4 is 20.1 Å². The van der Waals surface area contributed by atoms with E-state index in [0.717, 1.165) is 0 Å². The van der Waals surface area contributed by atoms with E-state index in [1.54, 1.807) is 12.1 Å². The van der Waals surface area contributed by atoms with Gasteiger partial charge in [0.25, 0.3) is 0 Å². The predicted octanol–water partition coefficient (Wildman–Crippen LogP) is 0.744. The number of amides is 2. The smallest absolute Gasteiger partial charge is 0.309 e. The van der Waals surface area contributed by atoms with Gasteiger partial charge in [-0.15, -0.1) is 6.58 Å². The summed E-state index contributed by atoms with van der Waals surface area (Å²) in [5.74, 6) is -1.05. The third-order valence-electron chi connectivity index (χ3n) is 4.16. The van der Waals surface area contributed by atoms with Crippen molar-refractivity contribution in [1.29, 1.82) is 0 Å². The van der Waals surface area contributed by atoms with Crippen molar-refractivity contribution in [3.8, 4) is 11.5 Å². The lowest BCUT2D eigenvalue weighted by Gasteiger charge is -2.19. The first kappa shape index (κ1) is 20.3. The van der Waals surface area contributed by atoms with Crippen molar-refractivity contribution in [3.63, 3.8) is 0 Å². The van der Waals surface area contributed by atoms with Crippen LogP contribution in [0.2, 0.25) is 0 Å². The monoisotopic (exact) mass is 417 g/mol. The lowest BCUT2D eigenvalue weighted by Crippen LogP contribution is -2.42. The molecule has 0 radical (unpaired) electrons. The number of hydrogen-bond acceptors (Lipinski definition) is 7. The molecule has 0 saturated carbocycles. The number of nitrogens with one attached hydrogen (secondary N) is 2. The highest BCUT2D eigenvalue weighted by molar-refractivity contribution is 7.91. The average molecular weight is 417 g/mol. The summed E-state index contributed by atoms with van der Waals surface area (Å²) in [4.78, 5) is 27.7. The molecule has 2 aromatic rings. The number of ether oxygens (including phenoxy) is 2. The Morgan fingerprint density at radius 3 is 2.66 bits per heavy atom. The Hall–Kier alpha value is -3.40. The number of carbonyl (C=O) groups is 2. The van der Waals surface area contributed by atoms with Crippen molar-refractivity contribution >= 4 is 21.7 Å². The van der Waals surface area contributed by atoms with Crippen LogP contribution in [0.3, 0.4) is 0 Å². The van der Waals surface area contributed by atoms with E-state index in [0.29, 0.717) is 17.1 Å². The molecule has 0 spiro atoms. The standard InChI is InChI=1S/C19H19N3O6S/c1-2-7-21-18(23)19(24)22-11-17(13-4-3-8-20-10-13)29(25,26)14-5-6-15-16(9-14)28-12-27-15/h2-6,8-10,17H,1,7,11-12H2,(H,21,23)(H,22,24)/t17-/m0/s1. The van der Waals surface area contributed by atoms with Crippen LogP contribution in [0, 0.1) is 0 Å². The lowest BCUT2D eigenvalue weighted by molar-refractivity contribution is -0.139. The van der Waals surface area contributed by atoms with Gasteiger partial charge in [-0.3, -0.25) is 14.6 Å². The summed E-state index contributed by atoms with van der Waals surface area (Å²) in [6, 6.07) is 7.48. The topological polar surface area (TPSA) is 124 Å². The molecule has 2 heterocycles. The molecule has 2 N–H and O–H groups in total. The molecule has 0 fully saturated rings. The largest absolute Gasteiger partial charge is 0.454 e. The van der Waals surface area contributed by atoms with Crippen molar-refractivity contribution in [2.24, 2.45) is 0 Å². The van der Waals surface area contributed by atoms with Crippen LogP contribution in [-0.4, -0.2) is 45.1 Å². The molecular weight excluding hydrogens is 398 g/mol. The number of aromatic nitrogens is 1. The highest BCUT2D eigenvalue weighted by Gasteiger charge is 2.32. The lowest BCUT2D eigenvalue weighted by atomic mass is 10.2. The van der Waals surface area contributed by atoms with Crippen LogP contribution in [0.25, 0.3) is 0 Å². The van der Waals surface area contributed by atoms with E-state index in [4.69, 9.17) is 9.47 Å². The first-order valence-corrected chi connectivity index (χ1v) is 10.2. The number of hydrogen-bond donors (Lipinski definition) is 2. The summed E-state index contributed by atoms with van der Waals surface area (Å²) < 4.78 is 37.1. The van der Waals surface area contributed by atoms with Crippen LogP contribution in [0.1, 0.15) is 10.8 Å². The van der Waals surface area contributed by atoms with Crippen LogP contribution in [0.4, 0.5) is 0 Å². The first-order chi connectivity index (χ1) is 13.9. The Balaban J connectivity index is 1.86. The molecule has 152 valence electrons. The molecule has 1 aromatic carbocycles. The number of sulfone groups is 1. The summed E-state index contributed by atoms with van der Waals surface area (Å²) in [6.07, 6.45) is 4.34. The Kier molecular flexibility index (Phi) is 6.13. The van der Waals surface area contributed by atoms with Gasteiger partial charge in [-0.1, -0.05) is 12.1 Å². The fourth-order valence-electron chi connectivity index (χ4n) is 2.70. The van der Waals surface area contributed by atoms with Crippen LogP contribution in [0.15, 0.2) is 60.3 Å². The average Bonchev–Trinajstić information content (AvgIpc) is 3.20. The quantitative estimate of drug-likeness (QED) is 0.503. The van der Waals surface area contributed by atoms with Gasteiger partial charge in [-0.2, -0.15) is 0 Å². The van der Waals surface area contributed by atoms with Crippen LogP contribution >= 0.6 is 0 Å². The third-order valence-corrected chi connectivity index (χ3v) is 6.26. The van der Waals surface area contributed by atoms with Gasteiger partial charge in [-0.05, 0) is 23.8 Å². The first-order valence-electron chi connectivity index (χ1n) is 8.64. The SMILES string of the molecule is C=CCNC(=O)C(=O)NC[C@@H](c1cccnc1)S(=O)(=O)c1ccc2c(c1)OCO2. The Labute approximate surface area is 167 Å². The fourth-order valence-corrected chi connectivity index (χ4v) is 4.36. The zero-order valence-corrected chi connectivity index (χ0v) is 16.1. The van der Waals surface area contributed by atoms with Crippen molar-refractivity contribution in [2.75, 3.05) is 19.9 Å². The molecule has 0 bridgehead atoms. The minimum atomic E-state index is -3.95. The summed E-state index contributed by atoms with van der Waals surface area (Å²) in [5, 5.41) is 3.54. The summed E-state index contributed by atoms with van der Waals surface area (Å²) in [6.45, 7) is 3.26. The van der Waals surface area contributed by atoms with Crippen molar-refractivity contribution in [1.82, 2.24) is 15.6 Å². The number of carbonyl (C=O) groups excluding carboxylic acids is 2. The van der Waals surface area contributed by atoms with Crippen molar-refractivity contribution in [3.05, 3.63) is 60.9 Å². The Bertz CT molecular complexity index is 1020. The molecule has 1 atom stereocenters. The van der Waals surface area contributed by atoms with Gasteiger partial charge in [0.15, 0.2) is 21.3 Å². The van der Waals surface area contributed by atoms with E-state index < -0.39 is 26.9 Å². The van der Waals surface area contributed by atoms with E-state index >= 15 is 0 Å². The van der Waals surface area contributed by atoms with Crippen molar-refractivity contribution < 1.29 is 27.5 Å². The minimum absolute atomic E-state index is 0.000890. The second-order valence-corrected chi connectivity index (χ2v) is 8.17. The van der Waals surface area contributed by atoms with Crippen LogP contribution in [-0.2, 0) is 19.4 Å². The molecule has 1 aliphatic heterocycles.